The summed E-state index contributed by atoms with van der Waals surface area (Å²) >= 11 is 0. The summed E-state index contributed by atoms with van der Waals surface area (Å²) in [4.78, 5) is 4.53. The number of hydrogen-bond acceptors (Lipinski definition) is 1. The molecular weight excluding hydrogens is 184 g/mol. The molecule has 0 amide bonds. The Morgan fingerprint density at radius 3 is 3.00 bits per heavy atom. The van der Waals surface area contributed by atoms with Crippen molar-refractivity contribution < 1.29 is 0 Å². The number of nitrogens with zero attached hydrogens (tertiary/aromatic N) is 2. The standard InChI is InChI=1S/C13H22N2/c1-3-6-11(2)9-15-10-14-12-7-4-5-8-13(12)15/h10-11H,3-9H2,1-2H3. The molecule has 2 rings (SSSR count). The molecule has 1 unspecified atom stereocenters. The van der Waals surface area contributed by atoms with Gasteiger partial charge in [-0.3, -0.25) is 0 Å². The van der Waals surface area contributed by atoms with Crippen LogP contribution in [0.2, 0.25) is 0 Å². The third-order valence-electron chi connectivity index (χ3n) is 3.40. The van der Waals surface area contributed by atoms with Gasteiger partial charge in [-0.05, 0) is 38.0 Å². The second kappa shape index (κ2) is 4.82. The predicted octanol–water partition coefficient (Wildman–Crippen LogP) is 3.20. The van der Waals surface area contributed by atoms with E-state index in [1.54, 1.807) is 0 Å². The van der Waals surface area contributed by atoms with Crippen molar-refractivity contribution in [2.45, 2.75) is 58.9 Å². The van der Waals surface area contributed by atoms with E-state index in [1.807, 2.05) is 0 Å². The molecule has 1 heterocycles. The first-order valence-electron chi connectivity index (χ1n) is 6.34. The molecule has 0 fully saturated rings. The van der Waals surface area contributed by atoms with Gasteiger partial charge in [0.05, 0.1) is 12.0 Å². The monoisotopic (exact) mass is 206 g/mol. The average molecular weight is 206 g/mol. The van der Waals surface area contributed by atoms with Crippen LogP contribution in [0.25, 0.3) is 0 Å². The molecule has 0 aromatic carbocycles. The van der Waals surface area contributed by atoms with Crippen LogP contribution in [0, 0.1) is 5.92 Å². The summed E-state index contributed by atoms with van der Waals surface area (Å²) in [6.07, 6.45) is 9.79. The number of hydrogen-bond donors (Lipinski definition) is 0. The smallest absolute Gasteiger partial charge is 0.0951 e. The van der Waals surface area contributed by atoms with Gasteiger partial charge in [-0.15, -0.1) is 0 Å². The first kappa shape index (κ1) is 10.7. The number of imidazole rings is 1. The highest BCUT2D eigenvalue weighted by molar-refractivity contribution is 5.16. The lowest BCUT2D eigenvalue weighted by Gasteiger charge is -2.17. The lowest BCUT2D eigenvalue weighted by atomic mass is 10.0. The molecule has 0 radical (unpaired) electrons. The summed E-state index contributed by atoms with van der Waals surface area (Å²) in [6.45, 7) is 5.77. The summed E-state index contributed by atoms with van der Waals surface area (Å²) < 4.78 is 2.40. The number of aryl methyl sites for hydroxylation is 1. The zero-order valence-electron chi connectivity index (χ0n) is 10.00. The van der Waals surface area contributed by atoms with E-state index in [9.17, 15) is 0 Å². The van der Waals surface area contributed by atoms with Gasteiger partial charge in [-0.25, -0.2) is 4.98 Å². The van der Waals surface area contributed by atoms with Crippen LogP contribution in [-0.2, 0) is 19.4 Å². The summed E-state index contributed by atoms with van der Waals surface area (Å²) in [6, 6.07) is 0. The van der Waals surface area contributed by atoms with Gasteiger partial charge < -0.3 is 4.57 Å². The highest BCUT2D eigenvalue weighted by atomic mass is 15.1. The largest absolute Gasteiger partial charge is 0.334 e. The third kappa shape index (κ3) is 2.42. The van der Waals surface area contributed by atoms with E-state index < -0.39 is 0 Å². The summed E-state index contributed by atoms with van der Waals surface area (Å²) in [5.74, 6) is 0.787. The molecule has 1 aromatic rings. The molecule has 1 atom stereocenters. The minimum Gasteiger partial charge on any atom is -0.334 e. The second-order valence-electron chi connectivity index (χ2n) is 4.89. The van der Waals surface area contributed by atoms with E-state index in [2.05, 4.69) is 29.7 Å². The lowest BCUT2D eigenvalue weighted by molar-refractivity contribution is 0.434. The highest BCUT2D eigenvalue weighted by Crippen LogP contribution is 2.21. The zero-order valence-corrected chi connectivity index (χ0v) is 10.00. The van der Waals surface area contributed by atoms with Crippen molar-refractivity contribution in [1.29, 1.82) is 0 Å². The Kier molecular flexibility index (Phi) is 3.45. The summed E-state index contributed by atoms with van der Waals surface area (Å²) in [5, 5.41) is 0. The van der Waals surface area contributed by atoms with E-state index in [-0.39, 0.29) is 0 Å². The van der Waals surface area contributed by atoms with Crippen LogP contribution in [0.4, 0.5) is 0 Å². The lowest BCUT2D eigenvalue weighted by Crippen LogP contribution is -2.12. The Morgan fingerprint density at radius 1 is 1.40 bits per heavy atom. The molecule has 0 bridgehead atoms. The third-order valence-corrected chi connectivity index (χ3v) is 3.40. The molecule has 0 spiro atoms. The van der Waals surface area contributed by atoms with Crippen molar-refractivity contribution in [3.63, 3.8) is 0 Å². The van der Waals surface area contributed by atoms with Gasteiger partial charge in [-0.1, -0.05) is 20.3 Å². The molecule has 2 heteroatoms. The number of rotatable bonds is 4. The van der Waals surface area contributed by atoms with Crippen LogP contribution in [0.15, 0.2) is 6.33 Å². The molecule has 1 aliphatic carbocycles. The highest BCUT2D eigenvalue weighted by Gasteiger charge is 2.15. The molecular formula is C13H22N2. The molecule has 0 N–H and O–H groups in total. The van der Waals surface area contributed by atoms with Crippen LogP contribution in [-0.4, -0.2) is 9.55 Å². The zero-order chi connectivity index (χ0) is 10.7. The van der Waals surface area contributed by atoms with Gasteiger partial charge in [0.25, 0.3) is 0 Å². The maximum Gasteiger partial charge on any atom is 0.0951 e. The van der Waals surface area contributed by atoms with Crippen LogP contribution >= 0.6 is 0 Å². The topological polar surface area (TPSA) is 17.8 Å². The second-order valence-corrected chi connectivity index (χ2v) is 4.89. The number of fused-ring (bicyclic) bond motifs is 1. The van der Waals surface area contributed by atoms with Crippen molar-refractivity contribution in [3.05, 3.63) is 17.7 Å². The Bertz CT molecular complexity index is 314. The maximum atomic E-state index is 4.53. The summed E-state index contributed by atoms with van der Waals surface area (Å²) in [7, 11) is 0. The molecule has 1 aromatic heterocycles. The molecule has 0 aliphatic heterocycles. The molecule has 2 nitrogen and oxygen atoms in total. The van der Waals surface area contributed by atoms with Crippen molar-refractivity contribution in [3.8, 4) is 0 Å². The van der Waals surface area contributed by atoms with E-state index >= 15 is 0 Å². The van der Waals surface area contributed by atoms with Crippen LogP contribution < -0.4 is 0 Å². The van der Waals surface area contributed by atoms with Gasteiger partial charge in [0.2, 0.25) is 0 Å². The van der Waals surface area contributed by atoms with E-state index in [4.69, 9.17) is 0 Å². The fraction of sp³-hybridized carbons (Fsp3) is 0.769. The van der Waals surface area contributed by atoms with E-state index in [0.29, 0.717) is 0 Å². The normalized spacial score (nSPS) is 17.5. The SMILES string of the molecule is CCCC(C)Cn1cnc2c1CCCC2. The van der Waals surface area contributed by atoms with Crippen molar-refractivity contribution in [2.75, 3.05) is 0 Å². The van der Waals surface area contributed by atoms with Gasteiger partial charge in [-0.2, -0.15) is 0 Å². The van der Waals surface area contributed by atoms with Gasteiger partial charge in [0.1, 0.15) is 0 Å². The van der Waals surface area contributed by atoms with Gasteiger partial charge >= 0.3 is 0 Å². The van der Waals surface area contributed by atoms with E-state index in [0.717, 1.165) is 12.5 Å². The molecule has 15 heavy (non-hydrogen) atoms. The molecule has 0 saturated heterocycles. The quantitative estimate of drug-likeness (QED) is 0.739. The van der Waals surface area contributed by atoms with Gasteiger partial charge in [0.15, 0.2) is 0 Å². The number of aromatic nitrogens is 2. The molecule has 0 saturated carbocycles. The minimum atomic E-state index is 0.787. The average Bonchev–Trinajstić information content (AvgIpc) is 2.62. The molecule has 1 aliphatic rings. The maximum absolute atomic E-state index is 4.53. The minimum absolute atomic E-state index is 0.787. The van der Waals surface area contributed by atoms with Crippen molar-refractivity contribution in [1.82, 2.24) is 9.55 Å². The Labute approximate surface area is 92.7 Å². The predicted molar refractivity (Wildman–Crippen MR) is 62.9 cm³/mol. The molecule has 84 valence electrons. The Morgan fingerprint density at radius 2 is 2.20 bits per heavy atom. The Hall–Kier alpha value is -0.790. The van der Waals surface area contributed by atoms with Crippen LogP contribution in [0.5, 0.6) is 0 Å². The van der Waals surface area contributed by atoms with Crippen molar-refractivity contribution in [2.24, 2.45) is 5.92 Å². The van der Waals surface area contributed by atoms with Crippen molar-refractivity contribution >= 4 is 0 Å². The van der Waals surface area contributed by atoms with Crippen LogP contribution in [0.1, 0.15) is 50.9 Å². The van der Waals surface area contributed by atoms with Gasteiger partial charge in [0, 0.05) is 12.2 Å². The van der Waals surface area contributed by atoms with E-state index in [1.165, 1.54) is 49.9 Å². The first-order valence-corrected chi connectivity index (χ1v) is 6.34. The Balaban J connectivity index is 2.05. The first-order chi connectivity index (χ1) is 7.31. The fourth-order valence-electron chi connectivity index (χ4n) is 2.61. The van der Waals surface area contributed by atoms with Crippen LogP contribution in [0.3, 0.4) is 0 Å². The summed E-state index contributed by atoms with van der Waals surface area (Å²) in [5.41, 5.74) is 2.88. The fourth-order valence-corrected chi connectivity index (χ4v) is 2.61.